The van der Waals surface area contributed by atoms with E-state index in [9.17, 15) is 4.79 Å². The Bertz CT molecular complexity index is 439. The molecule has 0 aliphatic rings. The van der Waals surface area contributed by atoms with Crippen molar-refractivity contribution < 1.29 is 9.53 Å². The Morgan fingerprint density at radius 3 is 2.42 bits per heavy atom. The number of hydrogen-bond acceptors (Lipinski definition) is 3. The maximum absolute atomic E-state index is 11.0. The standard InChI is InChI=1S/C15H22N2O2/c1-6-13(9-7-8-11(2)3)19-12(4)10-14(17-5)15(16)18/h8-10H,4-7H2,1-3H3,(H2,16,18)/b13-9+,14-10-. The van der Waals surface area contributed by atoms with Crippen LogP contribution < -0.4 is 5.73 Å². The molecule has 4 heteroatoms. The zero-order chi connectivity index (χ0) is 14.8. The topological polar surface area (TPSA) is 64.7 Å². The minimum Gasteiger partial charge on any atom is -0.463 e. The second kappa shape index (κ2) is 8.91. The largest absolute Gasteiger partial charge is 0.463 e. The van der Waals surface area contributed by atoms with E-state index in [-0.39, 0.29) is 5.70 Å². The van der Waals surface area contributed by atoms with Crippen molar-refractivity contribution in [2.45, 2.75) is 33.6 Å². The summed E-state index contributed by atoms with van der Waals surface area (Å²) in [5, 5.41) is 0. The number of aliphatic imine (C=N–C) groups is 1. The van der Waals surface area contributed by atoms with Crippen LogP contribution in [0.4, 0.5) is 0 Å². The molecule has 1 amide bonds. The van der Waals surface area contributed by atoms with Gasteiger partial charge in [0.2, 0.25) is 0 Å². The smallest absolute Gasteiger partial charge is 0.267 e. The lowest BCUT2D eigenvalue weighted by atomic mass is 10.2. The molecule has 0 aromatic heterocycles. The fourth-order valence-corrected chi connectivity index (χ4v) is 1.23. The SMILES string of the molecule is C=N/C(=C\C(=C)O/C(=C/CC=C(C)C)CC)C(N)=O. The average Bonchev–Trinajstić information content (AvgIpc) is 2.33. The summed E-state index contributed by atoms with van der Waals surface area (Å²) in [5.41, 5.74) is 6.39. The van der Waals surface area contributed by atoms with Crippen LogP contribution in [0.15, 0.2) is 52.6 Å². The first-order chi connectivity index (χ1) is 8.90. The van der Waals surface area contributed by atoms with Gasteiger partial charge in [0.05, 0.1) is 0 Å². The van der Waals surface area contributed by atoms with Crippen molar-refractivity contribution in [2.24, 2.45) is 10.7 Å². The zero-order valence-corrected chi connectivity index (χ0v) is 11.9. The van der Waals surface area contributed by atoms with Crippen LogP contribution in [-0.2, 0) is 9.53 Å². The Labute approximate surface area is 115 Å². The Morgan fingerprint density at radius 1 is 1.37 bits per heavy atom. The van der Waals surface area contributed by atoms with Gasteiger partial charge in [-0.2, -0.15) is 0 Å². The summed E-state index contributed by atoms with van der Waals surface area (Å²) in [6.45, 7) is 13.0. The molecule has 2 N–H and O–H groups in total. The van der Waals surface area contributed by atoms with Gasteiger partial charge in [0.1, 0.15) is 17.2 Å². The van der Waals surface area contributed by atoms with E-state index in [2.05, 4.69) is 24.4 Å². The normalized spacial score (nSPS) is 11.7. The molecule has 0 saturated carbocycles. The summed E-state index contributed by atoms with van der Waals surface area (Å²) in [6, 6.07) is 0. The van der Waals surface area contributed by atoms with Crippen LogP contribution in [0, 0.1) is 0 Å². The van der Waals surface area contributed by atoms with Crippen molar-refractivity contribution in [3.63, 3.8) is 0 Å². The van der Waals surface area contributed by atoms with Gasteiger partial charge in [0, 0.05) is 12.5 Å². The van der Waals surface area contributed by atoms with E-state index >= 15 is 0 Å². The van der Waals surface area contributed by atoms with E-state index in [0.717, 1.165) is 18.6 Å². The van der Waals surface area contributed by atoms with E-state index in [1.165, 1.54) is 11.6 Å². The predicted octanol–water partition coefficient (Wildman–Crippen LogP) is 3.24. The number of rotatable bonds is 8. The second-order valence-corrected chi connectivity index (χ2v) is 4.16. The average molecular weight is 262 g/mol. The molecule has 0 aromatic rings. The molecule has 0 saturated heterocycles. The first kappa shape index (κ1) is 16.9. The monoisotopic (exact) mass is 262 g/mol. The lowest BCUT2D eigenvalue weighted by Crippen LogP contribution is -2.12. The molecule has 0 rings (SSSR count). The van der Waals surface area contributed by atoms with Gasteiger partial charge in [0.15, 0.2) is 0 Å². The third-order valence-electron chi connectivity index (χ3n) is 2.20. The van der Waals surface area contributed by atoms with Crippen molar-refractivity contribution in [1.29, 1.82) is 0 Å². The number of hydrogen-bond donors (Lipinski definition) is 1. The van der Waals surface area contributed by atoms with Crippen LogP contribution in [0.3, 0.4) is 0 Å². The molecule has 0 spiro atoms. The van der Waals surface area contributed by atoms with Gasteiger partial charge in [-0.05, 0) is 33.1 Å². The molecule has 19 heavy (non-hydrogen) atoms. The van der Waals surface area contributed by atoms with E-state index in [0.29, 0.717) is 5.76 Å². The minimum atomic E-state index is -0.661. The number of amides is 1. The number of carbonyl (C=O) groups excluding carboxylic acids is 1. The molecule has 0 radical (unpaired) electrons. The van der Waals surface area contributed by atoms with Gasteiger partial charge in [-0.25, -0.2) is 0 Å². The van der Waals surface area contributed by atoms with Gasteiger partial charge in [-0.15, -0.1) is 0 Å². The number of primary amides is 1. The summed E-state index contributed by atoms with van der Waals surface area (Å²) in [5.74, 6) is 0.435. The Morgan fingerprint density at radius 2 is 2.00 bits per heavy atom. The lowest BCUT2D eigenvalue weighted by Gasteiger charge is -2.08. The first-order valence-corrected chi connectivity index (χ1v) is 6.08. The van der Waals surface area contributed by atoms with Crippen molar-refractivity contribution in [1.82, 2.24) is 0 Å². The molecule has 0 aliphatic heterocycles. The highest BCUT2D eigenvalue weighted by Crippen LogP contribution is 2.13. The second-order valence-electron chi connectivity index (χ2n) is 4.16. The van der Waals surface area contributed by atoms with Gasteiger partial charge in [-0.1, -0.05) is 25.2 Å². The third kappa shape index (κ3) is 7.76. The Hall–Kier alpha value is -2.10. The van der Waals surface area contributed by atoms with Gasteiger partial charge >= 0.3 is 0 Å². The summed E-state index contributed by atoms with van der Waals surface area (Å²) in [4.78, 5) is 14.5. The van der Waals surface area contributed by atoms with Gasteiger partial charge < -0.3 is 10.5 Å². The molecule has 0 aromatic carbocycles. The predicted molar refractivity (Wildman–Crippen MR) is 79.5 cm³/mol. The molecular weight excluding hydrogens is 240 g/mol. The maximum Gasteiger partial charge on any atom is 0.267 e. The van der Waals surface area contributed by atoms with Crippen LogP contribution in [-0.4, -0.2) is 12.6 Å². The van der Waals surface area contributed by atoms with E-state index in [1.54, 1.807) is 0 Å². The highest BCUT2D eigenvalue weighted by Gasteiger charge is 2.04. The Kier molecular flexibility index (Phi) is 7.93. The highest BCUT2D eigenvalue weighted by atomic mass is 16.5. The number of ether oxygens (including phenoxy) is 1. The fourth-order valence-electron chi connectivity index (χ4n) is 1.23. The number of nitrogens with two attached hydrogens (primary N) is 1. The van der Waals surface area contributed by atoms with Gasteiger partial charge in [0.25, 0.3) is 5.91 Å². The zero-order valence-electron chi connectivity index (χ0n) is 11.9. The van der Waals surface area contributed by atoms with Crippen LogP contribution >= 0.6 is 0 Å². The maximum atomic E-state index is 11.0. The summed E-state index contributed by atoms with van der Waals surface area (Å²) >= 11 is 0. The van der Waals surface area contributed by atoms with Crippen LogP contribution in [0.25, 0.3) is 0 Å². The lowest BCUT2D eigenvalue weighted by molar-refractivity contribution is -0.114. The van der Waals surface area contributed by atoms with E-state index in [1.807, 2.05) is 26.8 Å². The third-order valence-corrected chi connectivity index (χ3v) is 2.20. The summed E-state index contributed by atoms with van der Waals surface area (Å²) in [6.07, 6.45) is 6.97. The molecule has 0 bridgehead atoms. The molecule has 0 aliphatic carbocycles. The van der Waals surface area contributed by atoms with Gasteiger partial charge in [-0.3, -0.25) is 9.79 Å². The van der Waals surface area contributed by atoms with Crippen molar-refractivity contribution in [3.05, 3.63) is 47.6 Å². The number of allylic oxidation sites excluding steroid dienone is 5. The van der Waals surface area contributed by atoms with Crippen molar-refractivity contribution >= 4 is 12.6 Å². The van der Waals surface area contributed by atoms with E-state index in [4.69, 9.17) is 10.5 Å². The number of carbonyl (C=O) groups is 1. The molecule has 0 fully saturated rings. The fraction of sp³-hybridized carbons (Fsp3) is 0.333. The van der Waals surface area contributed by atoms with Crippen LogP contribution in [0.1, 0.15) is 33.6 Å². The molecule has 0 atom stereocenters. The molecule has 0 heterocycles. The molecule has 104 valence electrons. The summed E-state index contributed by atoms with van der Waals surface area (Å²) in [7, 11) is 0. The molecule has 0 unspecified atom stereocenters. The Balaban J connectivity index is 4.72. The van der Waals surface area contributed by atoms with Crippen molar-refractivity contribution in [2.75, 3.05) is 0 Å². The quantitative estimate of drug-likeness (QED) is 0.240. The van der Waals surface area contributed by atoms with Crippen molar-refractivity contribution in [3.8, 4) is 0 Å². The van der Waals surface area contributed by atoms with Crippen LogP contribution in [0.5, 0.6) is 0 Å². The van der Waals surface area contributed by atoms with Crippen LogP contribution in [0.2, 0.25) is 0 Å². The molecule has 4 nitrogen and oxygen atoms in total. The summed E-state index contributed by atoms with van der Waals surface area (Å²) < 4.78 is 5.53. The number of nitrogens with zero attached hydrogens (tertiary/aromatic N) is 1. The highest BCUT2D eigenvalue weighted by molar-refractivity contribution is 5.92. The minimum absolute atomic E-state index is 0.0322. The first-order valence-electron chi connectivity index (χ1n) is 6.08. The van der Waals surface area contributed by atoms with E-state index < -0.39 is 5.91 Å². The molecular formula is C15H22N2O2.